The number of amides is 1. The number of aromatic nitrogens is 4. The molecule has 1 amide bonds. The summed E-state index contributed by atoms with van der Waals surface area (Å²) in [4.78, 5) is 21.0. The smallest absolute Gasteiger partial charge is 0.252 e. The first-order valence-corrected chi connectivity index (χ1v) is 8.05. The van der Waals surface area contributed by atoms with E-state index in [1.807, 2.05) is 50.2 Å². The minimum Gasteiger partial charge on any atom is -0.316 e. The van der Waals surface area contributed by atoms with Crippen LogP contribution in [0.4, 0.5) is 5.82 Å². The third-order valence-electron chi connectivity index (χ3n) is 3.75. The van der Waals surface area contributed by atoms with Gasteiger partial charge >= 0.3 is 0 Å². The Kier molecular flexibility index (Phi) is 4.85. The van der Waals surface area contributed by atoms with Gasteiger partial charge in [-0.25, -0.2) is 9.97 Å². The maximum Gasteiger partial charge on any atom is 0.252 e. The molecule has 25 heavy (non-hydrogen) atoms. The van der Waals surface area contributed by atoms with Crippen molar-refractivity contribution in [2.45, 2.75) is 25.8 Å². The number of nitrogens with zero attached hydrogens (tertiary/aromatic N) is 4. The Labute approximate surface area is 145 Å². The van der Waals surface area contributed by atoms with Crippen LogP contribution in [0, 0.1) is 0 Å². The molecule has 0 saturated carbocycles. The van der Waals surface area contributed by atoms with Crippen molar-refractivity contribution in [2.24, 2.45) is 5.73 Å². The van der Waals surface area contributed by atoms with E-state index in [2.05, 4.69) is 20.4 Å². The van der Waals surface area contributed by atoms with Crippen molar-refractivity contribution in [3.8, 4) is 5.95 Å². The predicted molar refractivity (Wildman–Crippen MR) is 95.2 cm³/mol. The fraction of sp³-hybridized carbons (Fsp3) is 0.222. The van der Waals surface area contributed by atoms with Crippen molar-refractivity contribution in [1.82, 2.24) is 19.7 Å². The Morgan fingerprint density at radius 2 is 1.80 bits per heavy atom. The molecule has 2 aromatic heterocycles. The second-order valence-corrected chi connectivity index (χ2v) is 5.95. The van der Waals surface area contributed by atoms with E-state index < -0.39 is 6.04 Å². The van der Waals surface area contributed by atoms with Crippen LogP contribution >= 0.6 is 0 Å². The zero-order chi connectivity index (χ0) is 17.8. The molecule has 128 valence electrons. The molecule has 0 bridgehead atoms. The number of nitrogens with one attached hydrogen (secondary N) is 1. The van der Waals surface area contributed by atoms with Gasteiger partial charge in [0.05, 0.1) is 5.69 Å². The van der Waals surface area contributed by atoms with Crippen LogP contribution in [0.1, 0.15) is 37.1 Å². The van der Waals surface area contributed by atoms with Gasteiger partial charge in [0.15, 0.2) is 0 Å². The molecule has 0 aliphatic rings. The molecule has 3 rings (SSSR count). The molecule has 2 heterocycles. The van der Waals surface area contributed by atoms with Crippen LogP contribution in [0.3, 0.4) is 0 Å². The minimum atomic E-state index is -0.774. The normalized spacial score (nSPS) is 12.2. The van der Waals surface area contributed by atoms with Gasteiger partial charge in [0.2, 0.25) is 5.91 Å². The van der Waals surface area contributed by atoms with Crippen LogP contribution in [0.25, 0.3) is 5.95 Å². The number of anilines is 1. The number of hydrogen-bond donors (Lipinski definition) is 2. The molecule has 7 nitrogen and oxygen atoms in total. The highest BCUT2D eigenvalue weighted by Gasteiger charge is 2.20. The van der Waals surface area contributed by atoms with Gasteiger partial charge in [-0.1, -0.05) is 44.2 Å². The summed E-state index contributed by atoms with van der Waals surface area (Å²) in [5, 5.41) is 7.34. The number of carbonyl (C=O) groups is 1. The third-order valence-corrected chi connectivity index (χ3v) is 3.75. The number of benzene rings is 1. The van der Waals surface area contributed by atoms with Gasteiger partial charge in [-0.05, 0) is 17.5 Å². The molecule has 7 heteroatoms. The Balaban J connectivity index is 1.90. The summed E-state index contributed by atoms with van der Waals surface area (Å²) in [7, 11) is 0. The van der Waals surface area contributed by atoms with Crippen LogP contribution in [0.15, 0.2) is 54.9 Å². The first-order chi connectivity index (χ1) is 12.1. The second kappa shape index (κ2) is 7.23. The number of hydrogen-bond acceptors (Lipinski definition) is 5. The molecule has 1 atom stereocenters. The molecule has 0 fully saturated rings. The van der Waals surface area contributed by atoms with E-state index in [-0.39, 0.29) is 11.8 Å². The maximum absolute atomic E-state index is 12.6. The number of nitrogens with two attached hydrogens (primary N) is 1. The lowest BCUT2D eigenvalue weighted by Crippen LogP contribution is -2.28. The van der Waals surface area contributed by atoms with E-state index in [1.54, 1.807) is 18.5 Å². The number of carbonyl (C=O) groups excluding carboxylic acids is 1. The summed E-state index contributed by atoms with van der Waals surface area (Å²) >= 11 is 0. The summed E-state index contributed by atoms with van der Waals surface area (Å²) in [5.74, 6) is 0.756. The van der Waals surface area contributed by atoms with E-state index in [0.717, 1.165) is 11.3 Å². The van der Waals surface area contributed by atoms with Crippen molar-refractivity contribution in [2.75, 3.05) is 5.32 Å². The fourth-order valence-corrected chi connectivity index (χ4v) is 2.34. The van der Waals surface area contributed by atoms with Crippen molar-refractivity contribution < 1.29 is 4.79 Å². The average Bonchev–Trinajstić information content (AvgIpc) is 3.06. The summed E-state index contributed by atoms with van der Waals surface area (Å²) in [6, 6.07) is 12.0. The molecule has 3 N–H and O–H groups in total. The summed E-state index contributed by atoms with van der Waals surface area (Å²) in [5.41, 5.74) is 7.64. The molecule has 0 radical (unpaired) electrons. The lowest BCUT2D eigenvalue weighted by molar-refractivity contribution is -0.117. The van der Waals surface area contributed by atoms with Crippen LogP contribution in [-0.2, 0) is 4.79 Å². The van der Waals surface area contributed by atoms with Gasteiger partial charge in [0.1, 0.15) is 11.9 Å². The molecule has 0 unspecified atom stereocenters. The van der Waals surface area contributed by atoms with Crippen molar-refractivity contribution in [3.63, 3.8) is 0 Å². The minimum absolute atomic E-state index is 0.198. The molecule has 0 aliphatic carbocycles. The van der Waals surface area contributed by atoms with Crippen LogP contribution < -0.4 is 11.1 Å². The van der Waals surface area contributed by atoms with E-state index >= 15 is 0 Å². The monoisotopic (exact) mass is 336 g/mol. The van der Waals surface area contributed by atoms with Crippen LogP contribution in [0.2, 0.25) is 0 Å². The molecular weight excluding hydrogens is 316 g/mol. The molecular formula is C18H20N6O. The zero-order valence-electron chi connectivity index (χ0n) is 14.1. The molecule has 0 saturated heterocycles. The van der Waals surface area contributed by atoms with Gasteiger partial charge < -0.3 is 11.1 Å². The van der Waals surface area contributed by atoms with Gasteiger partial charge in [0.25, 0.3) is 5.95 Å². The van der Waals surface area contributed by atoms with Gasteiger partial charge in [-0.2, -0.15) is 9.78 Å². The van der Waals surface area contributed by atoms with E-state index in [4.69, 9.17) is 5.73 Å². The van der Waals surface area contributed by atoms with Gasteiger partial charge in [-0.3, -0.25) is 4.79 Å². The largest absolute Gasteiger partial charge is 0.316 e. The van der Waals surface area contributed by atoms with Crippen molar-refractivity contribution in [1.29, 1.82) is 0 Å². The Hall–Kier alpha value is -3.06. The van der Waals surface area contributed by atoms with E-state index in [1.165, 1.54) is 4.68 Å². The predicted octanol–water partition coefficient (Wildman–Crippen LogP) is 2.42. The maximum atomic E-state index is 12.6. The van der Waals surface area contributed by atoms with Crippen molar-refractivity contribution >= 4 is 11.7 Å². The van der Waals surface area contributed by atoms with Crippen LogP contribution in [0.5, 0.6) is 0 Å². The SMILES string of the molecule is CC(C)c1cc(NC(=O)[C@@H](N)c2ccccc2)n(-c2ncccn2)n1. The third kappa shape index (κ3) is 3.72. The molecule has 0 aliphatic heterocycles. The summed E-state index contributed by atoms with van der Waals surface area (Å²) in [6.07, 6.45) is 3.25. The topological polar surface area (TPSA) is 98.7 Å². The standard InChI is InChI=1S/C18H20N6O/c1-12(2)14-11-15(24(23-14)18-20-9-6-10-21-18)22-17(25)16(19)13-7-4-3-5-8-13/h3-12,16H,19H2,1-2H3,(H,22,25)/t16-/m0/s1. The summed E-state index contributed by atoms with van der Waals surface area (Å²) in [6.45, 7) is 4.06. The van der Waals surface area contributed by atoms with Gasteiger partial charge in [-0.15, -0.1) is 0 Å². The van der Waals surface area contributed by atoms with E-state index in [0.29, 0.717) is 11.8 Å². The Morgan fingerprint density at radius 1 is 1.12 bits per heavy atom. The lowest BCUT2D eigenvalue weighted by Gasteiger charge is -2.13. The van der Waals surface area contributed by atoms with E-state index in [9.17, 15) is 4.79 Å². The van der Waals surface area contributed by atoms with Crippen molar-refractivity contribution in [3.05, 3.63) is 66.1 Å². The highest BCUT2D eigenvalue weighted by atomic mass is 16.2. The average molecular weight is 336 g/mol. The van der Waals surface area contributed by atoms with Crippen LogP contribution in [-0.4, -0.2) is 25.7 Å². The first kappa shape index (κ1) is 16.8. The fourth-order valence-electron chi connectivity index (χ4n) is 2.34. The Morgan fingerprint density at radius 3 is 2.44 bits per heavy atom. The number of rotatable bonds is 5. The highest BCUT2D eigenvalue weighted by molar-refractivity contribution is 5.95. The molecule has 3 aromatic rings. The molecule has 1 aromatic carbocycles. The summed E-state index contributed by atoms with van der Waals surface area (Å²) < 4.78 is 1.52. The lowest BCUT2D eigenvalue weighted by atomic mass is 10.1. The Bertz CT molecular complexity index is 845. The highest BCUT2D eigenvalue weighted by Crippen LogP contribution is 2.21. The quantitative estimate of drug-likeness (QED) is 0.745. The second-order valence-electron chi connectivity index (χ2n) is 5.95. The zero-order valence-corrected chi connectivity index (χ0v) is 14.1. The van der Waals surface area contributed by atoms with Gasteiger partial charge in [0, 0.05) is 18.5 Å². The molecule has 0 spiro atoms. The first-order valence-electron chi connectivity index (χ1n) is 8.05.